The fourth-order valence-corrected chi connectivity index (χ4v) is 4.75. The molecule has 2 saturated carbocycles. The third-order valence-corrected chi connectivity index (χ3v) is 5.94. The Balaban J connectivity index is 1.48. The van der Waals surface area contributed by atoms with Crippen LogP contribution in [0.1, 0.15) is 43.7 Å². The molecule has 2 aliphatic carbocycles. The molecule has 1 aromatic rings. The zero-order chi connectivity index (χ0) is 14.4. The zero-order valence-electron chi connectivity index (χ0n) is 12.7. The van der Waals surface area contributed by atoms with Crippen LogP contribution < -0.4 is 10.2 Å². The van der Waals surface area contributed by atoms with Crippen molar-refractivity contribution in [3.8, 4) is 0 Å². The highest BCUT2D eigenvalue weighted by atomic mass is 16.2. The van der Waals surface area contributed by atoms with Gasteiger partial charge in [0.15, 0.2) is 0 Å². The first-order valence-corrected chi connectivity index (χ1v) is 8.31. The summed E-state index contributed by atoms with van der Waals surface area (Å²) in [6.07, 6.45) is 6.33. The minimum Gasteiger partial charge on any atom is -0.315 e. The first-order valence-electron chi connectivity index (χ1n) is 8.31. The van der Waals surface area contributed by atoms with Crippen molar-refractivity contribution in [3.63, 3.8) is 0 Å². The number of nitrogens with zero attached hydrogens (tertiary/aromatic N) is 1. The fourth-order valence-electron chi connectivity index (χ4n) is 4.75. The number of amides is 1. The van der Waals surface area contributed by atoms with Crippen LogP contribution in [-0.2, 0) is 4.79 Å². The number of hydrogen-bond acceptors (Lipinski definition) is 2. The summed E-state index contributed by atoms with van der Waals surface area (Å²) in [6, 6.07) is 8.51. The lowest BCUT2D eigenvalue weighted by atomic mass is 9.88. The fraction of sp³-hybridized carbons (Fsp3) is 0.611. The molecule has 3 heteroatoms. The minimum atomic E-state index is 0.198. The predicted octanol–water partition coefficient (Wildman–Crippen LogP) is 3.12. The number of hydrogen-bond donors (Lipinski definition) is 1. The molecule has 0 saturated heterocycles. The summed E-state index contributed by atoms with van der Waals surface area (Å²) in [4.78, 5) is 14.0. The van der Waals surface area contributed by atoms with Crippen molar-refractivity contribution in [2.45, 2.75) is 38.1 Å². The Hall–Kier alpha value is -1.35. The summed E-state index contributed by atoms with van der Waals surface area (Å²) in [5.74, 6) is 3.00. The van der Waals surface area contributed by atoms with Gasteiger partial charge < -0.3 is 10.2 Å². The number of para-hydroxylation sites is 1. The van der Waals surface area contributed by atoms with Gasteiger partial charge in [0.2, 0.25) is 5.91 Å². The van der Waals surface area contributed by atoms with Crippen LogP contribution in [0.2, 0.25) is 0 Å². The zero-order valence-corrected chi connectivity index (χ0v) is 12.7. The van der Waals surface area contributed by atoms with Crippen LogP contribution in [0.15, 0.2) is 24.3 Å². The van der Waals surface area contributed by atoms with Gasteiger partial charge >= 0.3 is 0 Å². The quantitative estimate of drug-likeness (QED) is 0.925. The van der Waals surface area contributed by atoms with E-state index in [9.17, 15) is 4.79 Å². The van der Waals surface area contributed by atoms with Gasteiger partial charge in [-0.2, -0.15) is 0 Å². The van der Waals surface area contributed by atoms with Gasteiger partial charge in [-0.25, -0.2) is 0 Å². The van der Waals surface area contributed by atoms with Gasteiger partial charge in [0, 0.05) is 25.2 Å². The monoisotopic (exact) mass is 284 g/mol. The van der Waals surface area contributed by atoms with E-state index in [2.05, 4.69) is 23.5 Å². The molecule has 4 rings (SSSR count). The summed E-state index contributed by atoms with van der Waals surface area (Å²) in [6.45, 7) is 1.08. The lowest BCUT2D eigenvalue weighted by Gasteiger charge is -2.33. The Labute approximate surface area is 126 Å². The van der Waals surface area contributed by atoms with Gasteiger partial charge in [-0.3, -0.25) is 4.79 Å². The molecule has 0 spiro atoms. The van der Waals surface area contributed by atoms with Crippen LogP contribution in [0.25, 0.3) is 0 Å². The minimum absolute atomic E-state index is 0.198. The third-order valence-electron chi connectivity index (χ3n) is 5.94. The second-order valence-electron chi connectivity index (χ2n) is 7.11. The van der Waals surface area contributed by atoms with Crippen LogP contribution in [-0.4, -0.2) is 19.5 Å². The summed E-state index contributed by atoms with van der Waals surface area (Å²) < 4.78 is 0. The molecule has 4 unspecified atom stereocenters. The Morgan fingerprint density at radius 2 is 2.10 bits per heavy atom. The second kappa shape index (κ2) is 5.13. The lowest BCUT2D eigenvalue weighted by Crippen LogP contribution is -2.39. The molecule has 1 heterocycles. The van der Waals surface area contributed by atoms with Gasteiger partial charge in [-0.15, -0.1) is 0 Å². The molecule has 1 aliphatic heterocycles. The van der Waals surface area contributed by atoms with Crippen molar-refractivity contribution in [1.82, 2.24) is 5.32 Å². The van der Waals surface area contributed by atoms with E-state index < -0.39 is 0 Å². The smallest absolute Gasteiger partial charge is 0.228 e. The van der Waals surface area contributed by atoms with Gasteiger partial charge in [-0.1, -0.05) is 24.6 Å². The van der Waals surface area contributed by atoms with Crippen LogP contribution in [0.3, 0.4) is 0 Å². The number of carbonyl (C=O) groups excluding carboxylic acids is 1. The van der Waals surface area contributed by atoms with Crippen LogP contribution in [0, 0.1) is 17.8 Å². The predicted molar refractivity (Wildman–Crippen MR) is 84.2 cm³/mol. The Bertz CT molecular complexity index is 556. The van der Waals surface area contributed by atoms with E-state index >= 15 is 0 Å². The standard InChI is InChI=1S/C18H24N2O/c1-20-17-5-3-2-4-15(17)16(10-18(20)21)19-11-14-9-12-6-7-13(14)8-12/h2-5,12-14,16,19H,6-11H2,1H3. The van der Waals surface area contributed by atoms with E-state index in [-0.39, 0.29) is 11.9 Å². The van der Waals surface area contributed by atoms with Crippen molar-refractivity contribution in [3.05, 3.63) is 29.8 Å². The lowest BCUT2D eigenvalue weighted by molar-refractivity contribution is -0.119. The number of nitrogens with one attached hydrogen (secondary N) is 1. The van der Waals surface area contributed by atoms with E-state index in [1.165, 1.54) is 31.2 Å². The topological polar surface area (TPSA) is 32.3 Å². The average molecular weight is 284 g/mol. The molecule has 3 aliphatic rings. The second-order valence-corrected chi connectivity index (χ2v) is 7.11. The summed E-state index contributed by atoms with van der Waals surface area (Å²) in [5, 5.41) is 3.71. The van der Waals surface area contributed by atoms with Crippen molar-refractivity contribution >= 4 is 11.6 Å². The van der Waals surface area contributed by atoms with E-state index in [0.717, 1.165) is 30.0 Å². The number of fused-ring (bicyclic) bond motifs is 3. The molecule has 2 fully saturated rings. The molecule has 21 heavy (non-hydrogen) atoms. The van der Waals surface area contributed by atoms with Crippen molar-refractivity contribution in [2.24, 2.45) is 17.8 Å². The Morgan fingerprint density at radius 3 is 2.86 bits per heavy atom. The highest BCUT2D eigenvalue weighted by Gasteiger charge is 2.39. The third kappa shape index (κ3) is 2.28. The molecule has 0 aromatic heterocycles. The maximum Gasteiger partial charge on any atom is 0.228 e. The van der Waals surface area contributed by atoms with Crippen molar-refractivity contribution < 1.29 is 4.79 Å². The number of anilines is 1. The maximum absolute atomic E-state index is 12.2. The summed E-state index contributed by atoms with van der Waals surface area (Å²) in [5.41, 5.74) is 2.35. The molecule has 1 aromatic carbocycles. The molecule has 3 nitrogen and oxygen atoms in total. The van der Waals surface area contributed by atoms with Crippen LogP contribution in [0.5, 0.6) is 0 Å². The Kier molecular flexibility index (Phi) is 3.26. The van der Waals surface area contributed by atoms with Gasteiger partial charge in [-0.05, 0) is 55.2 Å². The molecule has 1 N–H and O–H groups in total. The van der Waals surface area contributed by atoms with E-state index in [0.29, 0.717) is 6.42 Å². The Morgan fingerprint density at radius 1 is 1.24 bits per heavy atom. The van der Waals surface area contributed by atoms with Crippen LogP contribution >= 0.6 is 0 Å². The molecular formula is C18H24N2O. The first kappa shape index (κ1) is 13.3. The maximum atomic E-state index is 12.2. The van der Waals surface area contributed by atoms with Crippen molar-refractivity contribution in [1.29, 1.82) is 0 Å². The van der Waals surface area contributed by atoms with E-state index in [1.54, 1.807) is 4.90 Å². The molecule has 1 amide bonds. The number of benzene rings is 1. The van der Waals surface area contributed by atoms with Crippen LogP contribution in [0.4, 0.5) is 5.69 Å². The molecule has 4 atom stereocenters. The molecule has 0 radical (unpaired) electrons. The number of carbonyl (C=O) groups is 1. The highest BCUT2D eigenvalue weighted by Crippen LogP contribution is 2.48. The molecular weight excluding hydrogens is 260 g/mol. The molecule has 112 valence electrons. The SMILES string of the molecule is CN1C(=O)CC(NCC2CC3CCC2C3)c2ccccc21. The summed E-state index contributed by atoms with van der Waals surface area (Å²) in [7, 11) is 1.88. The molecule has 2 bridgehead atoms. The van der Waals surface area contributed by atoms with Crippen molar-refractivity contribution in [2.75, 3.05) is 18.5 Å². The van der Waals surface area contributed by atoms with Gasteiger partial charge in [0.25, 0.3) is 0 Å². The number of rotatable bonds is 3. The van der Waals surface area contributed by atoms with Gasteiger partial charge in [0.1, 0.15) is 0 Å². The normalized spacial score (nSPS) is 34.3. The van der Waals surface area contributed by atoms with E-state index in [4.69, 9.17) is 0 Å². The highest BCUT2D eigenvalue weighted by molar-refractivity contribution is 5.96. The largest absolute Gasteiger partial charge is 0.315 e. The first-order chi connectivity index (χ1) is 10.2. The van der Waals surface area contributed by atoms with E-state index in [1.807, 2.05) is 13.1 Å². The van der Waals surface area contributed by atoms with Gasteiger partial charge in [0.05, 0.1) is 0 Å². The average Bonchev–Trinajstić information content (AvgIpc) is 3.12. The summed E-state index contributed by atoms with van der Waals surface area (Å²) >= 11 is 0.